The van der Waals surface area contributed by atoms with Crippen LogP contribution < -0.4 is 5.73 Å². The van der Waals surface area contributed by atoms with Gasteiger partial charge in [0.15, 0.2) is 0 Å². The number of rotatable bonds is 3. The van der Waals surface area contributed by atoms with E-state index in [0.29, 0.717) is 12.7 Å². The molecule has 5 heteroatoms. The molecular weight excluding hydrogens is 234 g/mol. The number of carbonyl (C=O) groups is 1. The van der Waals surface area contributed by atoms with Crippen LogP contribution in [0.2, 0.25) is 0 Å². The fourth-order valence-corrected chi connectivity index (χ4v) is 1.75. The fourth-order valence-electron chi connectivity index (χ4n) is 1.75. The molecule has 5 nitrogen and oxygen atoms in total. The molecule has 0 heterocycles. The number of carbonyl (C=O) groups excluding carboxylic acids is 1. The van der Waals surface area contributed by atoms with Gasteiger partial charge in [-0.25, -0.2) is 4.79 Å². The number of aliphatic hydroxyl groups excluding tert-OH is 1. The molecule has 1 amide bonds. The van der Waals surface area contributed by atoms with Gasteiger partial charge in [-0.3, -0.25) is 0 Å². The number of primary amides is 1. The summed E-state index contributed by atoms with van der Waals surface area (Å²) in [4.78, 5) is 10.0. The van der Waals surface area contributed by atoms with Crippen molar-refractivity contribution in [2.45, 2.75) is 64.6 Å². The van der Waals surface area contributed by atoms with Gasteiger partial charge in [0.1, 0.15) is 5.60 Å². The molecule has 108 valence electrons. The van der Waals surface area contributed by atoms with Crippen LogP contribution in [0.25, 0.3) is 0 Å². The van der Waals surface area contributed by atoms with Gasteiger partial charge in [-0.15, -0.1) is 0 Å². The van der Waals surface area contributed by atoms with Gasteiger partial charge in [0.2, 0.25) is 0 Å². The third-order valence-electron chi connectivity index (χ3n) is 2.40. The van der Waals surface area contributed by atoms with E-state index < -0.39 is 11.7 Å². The van der Waals surface area contributed by atoms with Gasteiger partial charge >= 0.3 is 6.09 Å². The molecule has 0 bridgehead atoms. The Morgan fingerprint density at radius 1 is 1.28 bits per heavy atom. The van der Waals surface area contributed by atoms with Crippen molar-refractivity contribution in [3.63, 3.8) is 0 Å². The van der Waals surface area contributed by atoms with Gasteiger partial charge in [-0.1, -0.05) is 19.3 Å². The third-order valence-corrected chi connectivity index (χ3v) is 2.40. The minimum atomic E-state index is -0.725. The van der Waals surface area contributed by atoms with Crippen LogP contribution in [0.1, 0.15) is 52.9 Å². The minimum Gasteiger partial charge on any atom is -0.444 e. The average Bonchev–Trinajstić information content (AvgIpc) is 2.25. The lowest BCUT2D eigenvalue weighted by molar-refractivity contribution is 0.00882. The summed E-state index contributed by atoms with van der Waals surface area (Å²) in [5, 5.41) is 8.47. The van der Waals surface area contributed by atoms with Crippen molar-refractivity contribution in [1.82, 2.24) is 0 Å². The molecule has 1 saturated carbocycles. The standard InChI is InChI=1S/C8H16O2.C5H11NO2/c9-6-7-10-8-4-2-1-3-5-8;1-5(2,3)8-4(6)7/h8-9H,1-7H2;1-3H3,(H2,6,7). The summed E-state index contributed by atoms with van der Waals surface area (Å²) >= 11 is 0. The summed E-state index contributed by atoms with van der Waals surface area (Å²) < 4.78 is 9.96. The van der Waals surface area contributed by atoms with E-state index in [9.17, 15) is 4.79 Å². The molecule has 0 radical (unpaired) electrons. The van der Waals surface area contributed by atoms with Gasteiger partial charge < -0.3 is 20.3 Å². The molecule has 1 rings (SSSR count). The van der Waals surface area contributed by atoms with Crippen molar-refractivity contribution in [2.24, 2.45) is 5.73 Å². The second kappa shape index (κ2) is 9.16. The SMILES string of the molecule is CC(C)(C)OC(N)=O.OCCOC1CCCCC1. The lowest BCUT2D eigenvalue weighted by Crippen LogP contribution is -2.27. The van der Waals surface area contributed by atoms with Crippen molar-refractivity contribution >= 4 is 6.09 Å². The Morgan fingerprint density at radius 2 is 1.83 bits per heavy atom. The zero-order valence-electron chi connectivity index (χ0n) is 11.8. The lowest BCUT2D eigenvalue weighted by Gasteiger charge is -2.21. The monoisotopic (exact) mass is 261 g/mol. The highest BCUT2D eigenvalue weighted by atomic mass is 16.6. The van der Waals surface area contributed by atoms with Crippen molar-refractivity contribution < 1.29 is 19.4 Å². The molecule has 0 aromatic rings. The molecular formula is C13H27NO4. The Kier molecular flexibility index (Phi) is 8.75. The normalized spacial score (nSPS) is 16.7. The van der Waals surface area contributed by atoms with Crippen LogP contribution >= 0.6 is 0 Å². The van der Waals surface area contributed by atoms with Crippen molar-refractivity contribution in [1.29, 1.82) is 0 Å². The van der Waals surface area contributed by atoms with Crippen LogP contribution in [0.5, 0.6) is 0 Å². The average molecular weight is 261 g/mol. The van der Waals surface area contributed by atoms with E-state index in [4.69, 9.17) is 15.6 Å². The maximum Gasteiger partial charge on any atom is 0.405 e. The maximum absolute atomic E-state index is 10.0. The lowest BCUT2D eigenvalue weighted by atomic mass is 9.98. The molecule has 3 N–H and O–H groups in total. The quantitative estimate of drug-likeness (QED) is 0.816. The number of hydrogen-bond acceptors (Lipinski definition) is 4. The molecule has 18 heavy (non-hydrogen) atoms. The molecule has 1 fully saturated rings. The summed E-state index contributed by atoms with van der Waals surface area (Å²) in [5.41, 5.74) is 4.26. The Hall–Kier alpha value is -0.810. The van der Waals surface area contributed by atoms with E-state index >= 15 is 0 Å². The van der Waals surface area contributed by atoms with Gasteiger partial charge in [-0.05, 0) is 33.6 Å². The predicted molar refractivity (Wildman–Crippen MR) is 70.3 cm³/mol. The Bertz CT molecular complexity index is 220. The van der Waals surface area contributed by atoms with E-state index in [-0.39, 0.29) is 6.61 Å². The molecule has 0 aromatic heterocycles. The Labute approximate surface area is 110 Å². The van der Waals surface area contributed by atoms with Crippen LogP contribution in [0, 0.1) is 0 Å². The first-order valence-corrected chi connectivity index (χ1v) is 6.56. The zero-order chi connectivity index (χ0) is 14.0. The number of ether oxygens (including phenoxy) is 2. The highest BCUT2D eigenvalue weighted by Gasteiger charge is 2.13. The van der Waals surface area contributed by atoms with E-state index in [1.807, 2.05) is 0 Å². The van der Waals surface area contributed by atoms with Gasteiger partial charge in [-0.2, -0.15) is 0 Å². The molecule has 0 atom stereocenters. The molecule has 0 aromatic carbocycles. The molecule has 0 spiro atoms. The fraction of sp³-hybridized carbons (Fsp3) is 0.923. The molecule has 1 aliphatic carbocycles. The van der Waals surface area contributed by atoms with E-state index in [0.717, 1.165) is 0 Å². The van der Waals surface area contributed by atoms with Crippen LogP contribution in [0.3, 0.4) is 0 Å². The molecule has 0 saturated heterocycles. The van der Waals surface area contributed by atoms with Crippen LogP contribution in [-0.4, -0.2) is 36.1 Å². The largest absolute Gasteiger partial charge is 0.444 e. The summed E-state index contributed by atoms with van der Waals surface area (Å²) in [6.45, 7) is 5.97. The first kappa shape index (κ1) is 17.2. The van der Waals surface area contributed by atoms with E-state index in [1.165, 1.54) is 32.1 Å². The number of amides is 1. The van der Waals surface area contributed by atoms with Crippen LogP contribution in [0.15, 0.2) is 0 Å². The van der Waals surface area contributed by atoms with Gasteiger partial charge in [0, 0.05) is 0 Å². The summed E-state index contributed by atoms with van der Waals surface area (Å²) in [7, 11) is 0. The molecule has 0 unspecified atom stereocenters. The maximum atomic E-state index is 10.0. The summed E-state index contributed by atoms with van der Waals surface area (Å²) in [6, 6.07) is 0. The van der Waals surface area contributed by atoms with Crippen LogP contribution in [0.4, 0.5) is 4.79 Å². The number of hydrogen-bond donors (Lipinski definition) is 2. The summed E-state index contributed by atoms with van der Waals surface area (Å²) in [5.74, 6) is 0. The second-order valence-corrected chi connectivity index (χ2v) is 5.39. The van der Waals surface area contributed by atoms with Crippen molar-refractivity contribution in [3.8, 4) is 0 Å². The number of aliphatic hydroxyl groups is 1. The highest BCUT2D eigenvalue weighted by Crippen LogP contribution is 2.19. The minimum absolute atomic E-state index is 0.163. The van der Waals surface area contributed by atoms with E-state index in [1.54, 1.807) is 20.8 Å². The zero-order valence-corrected chi connectivity index (χ0v) is 11.8. The van der Waals surface area contributed by atoms with Gasteiger partial charge in [0.25, 0.3) is 0 Å². The Morgan fingerprint density at radius 3 is 2.17 bits per heavy atom. The topological polar surface area (TPSA) is 81.8 Å². The Balaban J connectivity index is 0.000000331. The van der Waals surface area contributed by atoms with E-state index in [2.05, 4.69) is 4.74 Å². The first-order valence-electron chi connectivity index (χ1n) is 6.56. The van der Waals surface area contributed by atoms with Crippen molar-refractivity contribution in [2.75, 3.05) is 13.2 Å². The molecule has 0 aliphatic heterocycles. The van der Waals surface area contributed by atoms with Crippen molar-refractivity contribution in [3.05, 3.63) is 0 Å². The van der Waals surface area contributed by atoms with Gasteiger partial charge in [0.05, 0.1) is 19.3 Å². The number of nitrogens with two attached hydrogens (primary N) is 1. The highest BCUT2D eigenvalue weighted by molar-refractivity contribution is 5.65. The third kappa shape index (κ3) is 11.7. The summed E-state index contributed by atoms with van der Waals surface area (Å²) in [6.07, 6.45) is 6.07. The molecule has 1 aliphatic rings. The first-order chi connectivity index (χ1) is 8.35. The van der Waals surface area contributed by atoms with Crippen LogP contribution in [-0.2, 0) is 9.47 Å². The second-order valence-electron chi connectivity index (χ2n) is 5.39. The predicted octanol–water partition coefficient (Wildman–Crippen LogP) is 2.21. The smallest absolute Gasteiger partial charge is 0.405 e.